The number of aromatic nitrogens is 3. The fraction of sp³-hybridized carbons (Fsp3) is 0.364. The van der Waals surface area contributed by atoms with E-state index in [0.29, 0.717) is 0 Å². The van der Waals surface area contributed by atoms with Crippen LogP contribution < -0.4 is 5.32 Å². The zero-order valence-corrected chi connectivity index (χ0v) is 10.4. The fourth-order valence-corrected chi connectivity index (χ4v) is 2.21. The van der Waals surface area contributed by atoms with Gasteiger partial charge in [-0.2, -0.15) is 0 Å². The average Bonchev–Trinajstić information content (AvgIpc) is 2.77. The molecule has 0 aromatic carbocycles. The van der Waals surface area contributed by atoms with Gasteiger partial charge in [-0.15, -0.1) is 11.3 Å². The van der Waals surface area contributed by atoms with Gasteiger partial charge >= 0.3 is 0 Å². The van der Waals surface area contributed by atoms with Crippen molar-refractivity contribution >= 4 is 11.3 Å². The van der Waals surface area contributed by atoms with Gasteiger partial charge in [-0.1, -0.05) is 0 Å². The Morgan fingerprint density at radius 1 is 1.38 bits per heavy atom. The SMILES string of the molecule is CNC(C)c1csc(-c2ccnc(C)n2)n1. The number of hydrogen-bond acceptors (Lipinski definition) is 5. The molecule has 0 aliphatic heterocycles. The number of rotatable bonds is 3. The summed E-state index contributed by atoms with van der Waals surface area (Å²) < 4.78 is 0. The number of nitrogens with one attached hydrogen (secondary N) is 1. The molecule has 0 amide bonds. The summed E-state index contributed by atoms with van der Waals surface area (Å²) >= 11 is 1.61. The molecule has 2 rings (SSSR count). The number of nitrogens with zero attached hydrogens (tertiary/aromatic N) is 3. The monoisotopic (exact) mass is 234 g/mol. The Hall–Kier alpha value is -1.33. The van der Waals surface area contributed by atoms with Crippen LogP contribution in [-0.2, 0) is 0 Å². The Bertz CT molecular complexity index is 480. The molecule has 0 bridgehead atoms. The molecule has 0 saturated carbocycles. The van der Waals surface area contributed by atoms with E-state index in [2.05, 4.69) is 32.6 Å². The lowest BCUT2D eigenvalue weighted by Gasteiger charge is -2.04. The van der Waals surface area contributed by atoms with E-state index in [1.807, 2.05) is 20.0 Å². The predicted molar refractivity (Wildman–Crippen MR) is 65.4 cm³/mol. The molecule has 2 heterocycles. The highest BCUT2D eigenvalue weighted by Gasteiger charge is 2.10. The molecule has 1 unspecified atom stereocenters. The number of aryl methyl sites for hydroxylation is 1. The number of thiazole rings is 1. The second kappa shape index (κ2) is 4.67. The Labute approximate surface area is 98.8 Å². The molecule has 5 heteroatoms. The van der Waals surface area contributed by atoms with Crippen LogP contribution in [0.3, 0.4) is 0 Å². The third-order valence-corrected chi connectivity index (χ3v) is 3.28. The van der Waals surface area contributed by atoms with Gasteiger partial charge in [-0.25, -0.2) is 15.0 Å². The minimum atomic E-state index is 0.271. The first-order valence-electron chi connectivity index (χ1n) is 5.13. The van der Waals surface area contributed by atoms with Crippen molar-refractivity contribution in [1.82, 2.24) is 20.3 Å². The highest BCUT2D eigenvalue weighted by molar-refractivity contribution is 7.13. The maximum Gasteiger partial charge on any atom is 0.142 e. The van der Waals surface area contributed by atoms with Gasteiger partial charge in [-0.05, 0) is 27.0 Å². The molecule has 0 radical (unpaired) electrons. The van der Waals surface area contributed by atoms with Crippen molar-refractivity contribution in [1.29, 1.82) is 0 Å². The van der Waals surface area contributed by atoms with Crippen LogP contribution >= 0.6 is 11.3 Å². The van der Waals surface area contributed by atoms with Gasteiger partial charge in [0.1, 0.15) is 16.5 Å². The molecule has 2 aromatic rings. The van der Waals surface area contributed by atoms with Gasteiger partial charge in [0.2, 0.25) is 0 Å². The summed E-state index contributed by atoms with van der Waals surface area (Å²) in [5.41, 5.74) is 1.95. The molecule has 0 spiro atoms. The van der Waals surface area contributed by atoms with Crippen LogP contribution in [0.1, 0.15) is 24.5 Å². The normalized spacial score (nSPS) is 12.7. The van der Waals surface area contributed by atoms with Crippen molar-refractivity contribution in [2.45, 2.75) is 19.9 Å². The summed E-state index contributed by atoms with van der Waals surface area (Å²) in [6, 6.07) is 2.16. The van der Waals surface area contributed by atoms with Crippen LogP contribution in [0, 0.1) is 6.92 Å². The van der Waals surface area contributed by atoms with E-state index in [0.717, 1.165) is 22.2 Å². The Balaban J connectivity index is 2.31. The molecule has 0 fully saturated rings. The molecule has 0 saturated heterocycles. The third kappa shape index (κ3) is 2.25. The van der Waals surface area contributed by atoms with Crippen molar-refractivity contribution in [3.05, 3.63) is 29.2 Å². The molecular weight excluding hydrogens is 220 g/mol. The first-order chi connectivity index (χ1) is 7.70. The highest BCUT2D eigenvalue weighted by Crippen LogP contribution is 2.24. The minimum absolute atomic E-state index is 0.271. The second-order valence-corrected chi connectivity index (χ2v) is 4.44. The first kappa shape index (κ1) is 11.2. The lowest BCUT2D eigenvalue weighted by molar-refractivity contribution is 0.637. The topological polar surface area (TPSA) is 50.7 Å². The van der Waals surface area contributed by atoms with Gasteiger partial charge < -0.3 is 5.32 Å². The first-order valence-corrected chi connectivity index (χ1v) is 6.01. The predicted octanol–water partition coefficient (Wildman–Crippen LogP) is 2.19. The van der Waals surface area contributed by atoms with Crippen molar-refractivity contribution in [3.63, 3.8) is 0 Å². The standard InChI is InChI=1S/C11H14N4S/c1-7(12-3)10-6-16-11(15-10)9-4-5-13-8(2)14-9/h4-7,12H,1-3H3. The van der Waals surface area contributed by atoms with Crippen molar-refractivity contribution in [3.8, 4) is 10.7 Å². The molecule has 84 valence electrons. The third-order valence-electron chi connectivity index (χ3n) is 2.39. The molecule has 1 atom stereocenters. The van der Waals surface area contributed by atoms with E-state index >= 15 is 0 Å². The van der Waals surface area contributed by atoms with E-state index < -0.39 is 0 Å². The van der Waals surface area contributed by atoms with Crippen molar-refractivity contribution < 1.29 is 0 Å². The molecule has 4 nitrogen and oxygen atoms in total. The van der Waals surface area contributed by atoms with E-state index in [9.17, 15) is 0 Å². The fourth-order valence-electron chi connectivity index (χ4n) is 1.33. The number of hydrogen-bond donors (Lipinski definition) is 1. The average molecular weight is 234 g/mol. The molecule has 0 aliphatic rings. The maximum absolute atomic E-state index is 4.56. The Morgan fingerprint density at radius 3 is 2.88 bits per heavy atom. The molecule has 0 aliphatic carbocycles. The molecule has 2 aromatic heterocycles. The largest absolute Gasteiger partial charge is 0.312 e. The Morgan fingerprint density at radius 2 is 2.19 bits per heavy atom. The smallest absolute Gasteiger partial charge is 0.142 e. The van der Waals surface area contributed by atoms with Crippen molar-refractivity contribution in [2.24, 2.45) is 0 Å². The second-order valence-electron chi connectivity index (χ2n) is 3.58. The quantitative estimate of drug-likeness (QED) is 0.884. The van der Waals surface area contributed by atoms with E-state index in [4.69, 9.17) is 0 Å². The van der Waals surface area contributed by atoms with Gasteiger partial charge in [0.25, 0.3) is 0 Å². The van der Waals surface area contributed by atoms with Gasteiger partial charge in [0.05, 0.1) is 5.69 Å². The summed E-state index contributed by atoms with van der Waals surface area (Å²) in [6.45, 7) is 3.97. The van der Waals surface area contributed by atoms with Crippen molar-refractivity contribution in [2.75, 3.05) is 7.05 Å². The highest BCUT2D eigenvalue weighted by atomic mass is 32.1. The van der Waals surface area contributed by atoms with Gasteiger partial charge in [0.15, 0.2) is 0 Å². The summed E-state index contributed by atoms with van der Waals surface area (Å²) in [4.78, 5) is 13.0. The molecule has 16 heavy (non-hydrogen) atoms. The zero-order valence-electron chi connectivity index (χ0n) is 9.56. The van der Waals surface area contributed by atoms with Crippen LogP contribution in [0.15, 0.2) is 17.6 Å². The maximum atomic E-state index is 4.56. The van der Waals surface area contributed by atoms with Crippen LogP contribution in [0.4, 0.5) is 0 Å². The molecular formula is C11H14N4S. The van der Waals surface area contributed by atoms with Crippen LogP contribution in [0.2, 0.25) is 0 Å². The Kier molecular flexibility index (Phi) is 3.26. The van der Waals surface area contributed by atoms with E-state index in [1.54, 1.807) is 17.5 Å². The van der Waals surface area contributed by atoms with E-state index in [-0.39, 0.29) is 6.04 Å². The van der Waals surface area contributed by atoms with Gasteiger partial charge in [-0.3, -0.25) is 0 Å². The summed E-state index contributed by atoms with van der Waals surface area (Å²) in [6.07, 6.45) is 1.76. The molecule has 1 N–H and O–H groups in total. The summed E-state index contributed by atoms with van der Waals surface area (Å²) in [7, 11) is 1.93. The van der Waals surface area contributed by atoms with E-state index in [1.165, 1.54) is 0 Å². The van der Waals surface area contributed by atoms with Gasteiger partial charge in [0, 0.05) is 17.6 Å². The van der Waals surface area contributed by atoms with Crippen LogP contribution in [-0.4, -0.2) is 22.0 Å². The van der Waals surface area contributed by atoms with Crippen LogP contribution in [0.5, 0.6) is 0 Å². The zero-order chi connectivity index (χ0) is 11.5. The summed E-state index contributed by atoms with van der Waals surface area (Å²) in [5.74, 6) is 0.774. The summed E-state index contributed by atoms with van der Waals surface area (Å²) in [5, 5.41) is 6.18. The van der Waals surface area contributed by atoms with Crippen LogP contribution in [0.25, 0.3) is 10.7 Å². The lowest BCUT2D eigenvalue weighted by atomic mass is 10.3. The lowest BCUT2D eigenvalue weighted by Crippen LogP contribution is -2.12. The minimum Gasteiger partial charge on any atom is -0.312 e.